The van der Waals surface area contributed by atoms with Gasteiger partial charge in [0.05, 0.1) is 6.04 Å². The van der Waals surface area contributed by atoms with Crippen molar-refractivity contribution in [3.8, 4) is 0 Å². The highest BCUT2D eigenvalue weighted by Crippen LogP contribution is 2.29. The van der Waals surface area contributed by atoms with Crippen molar-refractivity contribution < 1.29 is 9.84 Å². The zero-order valence-corrected chi connectivity index (χ0v) is 12.3. The second-order valence-electron chi connectivity index (χ2n) is 5.33. The van der Waals surface area contributed by atoms with Crippen molar-refractivity contribution in [1.82, 2.24) is 14.9 Å². The van der Waals surface area contributed by atoms with Gasteiger partial charge in [0, 0.05) is 18.8 Å². The van der Waals surface area contributed by atoms with Crippen LogP contribution in [0.15, 0.2) is 64.5 Å². The Kier molecular flexibility index (Phi) is 4.14. The summed E-state index contributed by atoms with van der Waals surface area (Å²) in [6, 6.07) is 10.4. The first-order valence-electron chi connectivity index (χ1n) is 7.18. The van der Waals surface area contributed by atoms with Crippen molar-refractivity contribution >= 4 is 0 Å². The number of nitrogens with one attached hydrogen (secondary N) is 2. The van der Waals surface area contributed by atoms with E-state index in [4.69, 9.17) is 4.74 Å². The quantitative estimate of drug-likeness (QED) is 0.743. The average Bonchev–Trinajstić information content (AvgIpc) is 2.81. The lowest BCUT2D eigenvalue weighted by molar-refractivity contribution is 0.00144. The van der Waals surface area contributed by atoms with Crippen LogP contribution in [0, 0.1) is 0 Å². The SMILES string of the molecule is C=C1O[C@@H](n2ccc(=O)[nH]c2=O)[C@@H](O)[C@@H]1NCc1ccccc1. The molecule has 23 heavy (non-hydrogen) atoms. The van der Waals surface area contributed by atoms with E-state index in [0.29, 0.717) is 12.3 Å². The number of hydrogen-bond acceptors (Lipinski definition) is 5. The van der Waals surface area contributed by atoms with Gasteiger partial charge in [-0.25, -0.2) is 4.79 Å². The molecule has 1 fully saturated rings. The first-order valence-corrected chi connectivity index (χ1v) is 7.18. The van der Waals surface area contributed by atoms with Crippen LogP contribution in [0.25, 0.3) is 0 Å². The molecule has 0 saturated carbocycles. The Morgan fingerprint density at radius 3 is 2.70 bits per heavy atom. The predicted molar refractivity (Wildman–Crippen MR) is 83.7 cm³/mol. The lowest BCUT2D eigenvalue weighted by atomic mass is 10.1. The summed E-state index contributed by atoms with van der Waals surface area (Å²) in [6.07, 6.45) is -0.642. The van der Waals surface area contributed by atoms with Gasteiger partial charge in [-0.15, -0.1) is 0 Å². The molecule has 0 bridgehead atoms. The van der Waals surface area contributed by atoms with Crippen molar-refractivity contribution in [1.29, 1.82) is 0 Å². The summed E-state index contributed by atoms with van der Waals surface area (Å²) in [6.45, 7) is 4.32. The van der Waals surface area contributed by atoms with Gasteiger partial charge >= 0.3 is 5.69 Å². The van der Waals surface area contributed by atoms with Gasteiger partial charge in [-0.1, -0.05) is 36.9 Å². The molecule has 0 spiro atoms. The summed E-state index contributed by atoms with van der Waals surface area (Å²) >= 11 is 0. The van der Waals surface area contributed by atoms with E-state index in [1.54, 1.807) is 0 Å². The number of aliphatic hydroxyl groups excluding tert-OH is 1. The average molecular weight is 315 g/mol. The standard InChI is InChI=1S/C16H17N3O4/c1-10-13(17-9-11-5-3-2-4-6-11)14(21)15(23-10)19-8-7-12(20)18-16(19)22/h2-8,13-15,17,21H,1,9H2,(H,18,20,22)/t13-,14+,15-/m1/s1. The molecule has 1 aliphatic rings. The third kappa shape index (κ3) is 3.10. The van der Waals surface area contributed by atoms with E-state index in [1.807, 2.05) is 30.3 Å². The number of benzene rings is 1. The molecule has 1 aromatic heterocycles. The maximum Gasteiger partial charge on any atom is 0.331 e. The Morgan fingerprint density at radius 2 is 2.00 bits per heavy atom. The van der Waals surface area contributed by atoms with Crippen molar-refractivity contribution in [2.24, 2.45) is 0 Å². The number of nitrogens with zero attached hydrogens (tertiary/aromatic N) is 1. The van der Waals surface area contributed by atoms with Crippen LogP contribution in [-0.4, -0.2) is 26.8 Å². The maximum atomic E-state index is 11.8. The molecule has 0 amide bonds. The van der Waals surface area contributed by atoms with Crippen molar-refractivity contribution in [3.63, 3.8) is 0 Å². The van der Waals surface area contributed by atoms with Gasteiger partial charge in [-0.05, 0) is 5.56 Å². The molecule has 2 aromatic rings. The van der Waals surface area contributed by atoms with E-state index in [1.165, 1.54) is 12.3 Å². The number of aromatic nitrogens is 2. The van der Waals surface area contributed by atoms with Crippen LogP contribution in [0.5, 0.6) is 0 Å². The van der Waals surface area contributed by atoms with Crippen LogP contribution in [0.3, 0.4) is 0 Å². The number of aromatic amines is 1. The first kappa shape index (κ1) is 15.3. The van der Waals surface area contributed by atoms with E-state index in [2.05, 4.69) is 16.9 Å². The first-order chi connectivity index (χ1) is 11.1. The zero-order valence-electron chi connectivity index (χ0n) is 12.3. The molecule has 7 nitrogen and oxygen atoms in total. The molecule has 3 N–H and O–H groups in total. The number of H-pyrrole nitrogens is 1. The third-order valence-corrected chi connectivity index (χ3v) is 3.75. The molecule has 1 saturated heterocycles. The fraction of sp³-hybridized carbons (Fsp3) is 0.250. The molecule has 0 aliphatic carbocycles. The molecule has 1 aliphatic heterocycles. The highest BCUT2D eigenvalue weighted by Gasteiger charge is 2.41. The van der Waals surface area contributed by atoms with Crippen LogP contribution in [0.2, 0.25) is 0 Å². The normalized spacial score (nSPS) is 23.7. The molecular formula is C16H17N3O4. The fourth-order valence-electron chi connectivity index (χ4n) is 2.56. The Hall–Kier alpha value is -2.64. The monoisotopic (exact) mass is 315 g/mol. The van der Waals surface area contributed by atoms with E-state index >= 15 is 0 Å². The molecular weight excluding hydrogens is 298 g/mol. The topological polar surface area (TPSA) is 96.4 Å². The molecule has 3 rings (SSSR count). The van der Waals surface area contributed by atoms with Crippen molar-refractivity contribution in [2.45, 2.75) is 24.9 Å². The van der Waals surface area contributed by atoms with E-state index in [9.17, 15) is 14.7 Å². The van der Waals surface area contributed by atoms with Crippen LogP contribution in [-0.2, 0) is 11.3 Å². The summed E-state index contributed by atoms with van der Waals surface area (Å²) in [4.78, 5) is 25.1. The van der Waals surface area contributed by atoms with Gasteiger partial charge in [0.15, 0.2) is 0 Å². The summed E-state index contributed by atoms with van der Waals surface area (Å²) in [5.41, 5.74) is -0.0912. The largest absolute Gasteiger partial charge is 0.470 e. The van der Waals surface area contributed by atoms with E-state index < -0.39 is 29.6 Å². The summed E-state index contributed by atoms with van der Waals surface area (Å²) in [5, 5.41) is 13.6. The minimum absolute atomic E-state index is 0.344. The summed E-state index contributed by atoms with van der Waals surface area (Å²) in [5.74, 6) is 0.344. The highest BCUT2D eigenvalue weighted by atomic mass is 16.5. The smallest absolute Gasteiger partial charge is 0.331 e. The second kappa shape index (κ2) is 6.23. The van der Waals surface area contributed by atoms with Crippen molar-refractivity contribution in [3.05, 3.63) is 81.3 Å². The van der Waals surface area contributed by atoms with Gasteiger partial charge in [0.25, 0.3) is 5.56 Å². The fourth-order valence-corrected chi connectivity index (χ4v) is 2.56. The lowest BCUT2D eigenvalue weighted by Crippen LogP contribution is -2.41. The molecule has 7 heteroatoms. The predicted octanol–water partition coefficient (Wildman–Crippen LogP) is 0.0984. The minimum Gasteiger partial charge on any atom is -0.470 e. The molecule has 0 radical (unpaired) electrons. The minimum atomic E-state index is -1.00. The Bertz CT molecular complexity index is 812. The lowest BCUT2D eigenvalue weighted by Gasteiger charge is -2.18. The molecule has 1 aromatic carbocycles. The molecule has 2 heterocycles. The second-order valence-corrected chi connectivity index (χ2v) is 5.33. The highest BCUT2D eigenvalue weighted by molar-refractivity contribution is 5.16. The van der Waals surface area contributed by atoms with E-state index in [-0.39, 0.29) is 0 Å². The molecule has 0 unspecified atom stereocenters. The Morgan fingerprint density at radius 1 is 1.26 bits per heavy atom. The number of aliphatic hydroxyl groups is 1. The van der Waals surface area contributed by atoms with Gasteiger partial charge in [0.2, 0.25) is 6.23 Å². The van der Waals surface area contributed by atoms with E-state index in [0.717, 1.165) is 10.1 Å². The zero-order chi connectivity index (χ0) is 16.4. The van der Waals surface area contributed by atoms with Gasteiger partial charge in [-0.3, -0.25) is 14.3 Å². The van der Waals surface area contributed by atoms with Gasteiger partial charge in [0.1, 0.15) is 11.9 Å². The molecule has 3 atom stereocenters. The number of rotatable bonds is 4. The third-order valence-electron chi connectivity index (χ3n) is 3.75. The number of ether oxygens (including phenoxy) is 1. The summed E-state index contributed by atoms with van der Waals surface area (Å²) in [7, 11) is 0. The summed E-state index contributed by atoms with van der Waals surface area (Å²) < 4.78 is 6.66. The Balaban J connectivity index is 1.76. The number of hydrogen-bond donors (Lipinski definition) is 3. The van der Waals surface area contributed by atoms with Gasteiger partial charge < -0.3 is 15.2 Å². The van der Waals surface area contributed by atoms with Gasteiger partial charge in [-0.2, -0.15) is 0 Å². The van der Waals surface area contributed by atoms with Crippen molar-refractivity contribution in [2.75, 3.05) is 0 Å². The Labute approximate surface area is 131 Å². The van der Waals surface area contributed by atoms with Crippen LogP contribution in [0.4, 0.5) is 0 Å². The molecule has 120 valence electrons. The van der Waals surface area contributed by atoms with Crippen LogP contribution >= 0.6 is 0 Å². The maximum absolute atomic E-state index is 11.8. The van der Waals surface area contributed by atoms with Crippen LogP contribution in [0.1, 0.15) is 11.8 Å². The van der Waals surface area contributed by atoms with Crippen LogP contribution < -0.4 is 16.6 Å².